The molecule has 314 valence electrons. The van der Waals surface area contributed by atoms with Crippen LogP contribution in [-0.2, 0) is 37.5 Å². The maximum Gasteiger partial charge on any atom is 0.333 e. The van der Waals surface area contributed by atoms with Crippen LogP contribution < -0.4 is 29.0 Å². The number of benzene rings is 3. The van der Waals surface area contributed by atoms with Gasteiger partial charge >= 0.3 is 17.9 Å². The molecule has 10 rings (SSSR count). The summed E-state index contributed by atoms with van der Waals surface area (Å²) in [6.45, 7) is 4.52. The number of likely N-dealkylation sites (N-methyl/N-ethyl adjacent to an activating group) is 1. The SMILES string of the molecule is COc1ccc2[nH]c3c(c2c1)CC(C(=O)O)N[C@]31CS[C@@H]2c3c(OC(C)=O)c(C)c4c(c3[C@H](COC1=O)N1C(C#N)Cc3cc(C)c(OC)c(O)c3[C@H](N(C)C)[C@H]21)OCO4. The Morgan fingerprint density at radius 1 is 1.05 bits per heavy atom. The summed E-state index contributed by atoms with van der Waals surface area (Å²) in [6.07, 6.45) is 0.282. The molecule has 4 N–H and O–H groups in total. The van der Waals surface area contributed by atoms with Gasteiger partial charge in [-0.15, -0.1) is 11.8 Å². The number of ether oxygens (including phenoxy) is 6. The van der Waals surface area contributed by atoms with Crippen molar-refractivity contribution in [3.05, 3.63) is 68.9 Å². The highest BCUT2D eigenvalue weighted by Crippen LogP contribution is 2.63. The first kappa shape index (κ1) is 39.8. The molecular formula is C43H45N5O11S. The molecular weight excluding hydrogens is 795 g/mol. The Balaban J connectivity index is 1.35. The molecule has 4 aromatic rings. The van der Waals surface area contributed by atoms with Gasteiger partial charge in [0.25, 0.3) is 0 Å². The number of aliphatic carboxylic acids is 1. The molecule has 60 heavy (non-hydrogen) atoms. The quantitative estimate of drug-likeness (QED) is 0.162. The highest BCUT2D eigenvalue weighted by molar-refractivity contribution is 7.99. The standard InChI is InChI=1S/C43H45N5O11S/c1-18-10-21-11-22(14-44)48-28-15-56-42(53)43(40-25(13-27(46-43)41(51)52)24-12-23(54-6)8-9-26(24)45-40)16-60-39(33(48)32(47(4)5)29(21)34(50)35(18)55-7)31-30(28)38-37(57-17-58-38)19(2)36(31)59-20(3)49/h8-10,12,22,27-28,32-33,39,45-46,50H,11,13,15-17H2,1-7H3,(H,51,52)/t22?,27?,28-,32-,33+,39+,43+/m0/s1. The van der Waals surface area contributed by atoms with Crippen molar-refractivity contribution in [3.63, 3.8) is 0 Å². The van der Waals surface area contributed by atoms with Gasteiger partial charge < -0.3 is 48.5 Å². The molecule has 1 saturated heterocycles. The molecule has 6 aliphatic heterocycles. The summed E-state index contributed by atoms with van der Waals surface area (Å²) in [5.74, 6) is -0.649. The summed E-state index contributed by atoms with van der Waals surface area (Å²) in [6, 6.07) is 5.73. The molecule has 1 aromatic heterocycles. The van der Waals surface area contributed by atoms with E-state index in [4.69, 9.17) is 28.4 Å². The summed E-state index contributed by atoms with van der Waals surface area (Å²) in [7, 11) is 6.84. The summed E-state index contributed by atoms with van der Waals surface area (Å²) >= 11 is 1.34. The number of H-pyrrole nitrogens is 1. The lowest BCUT2D eigenvalue weighted by Gasteiger charge is -2.53. The van der Waals surface area contributed by atoms with Crippen molar-refractivity contribution in [2.24, 2.45) is 0 Å². The molecule has 0 aliphatic carbocycles. The van der Waals surface area contributed by atoms with Gasteiger partial charge in [-0.3, -0.25) is 19.8 Å². The van der Waals surface area contributed by atoms with E-state index in [0.717, 1.165) is 10.9 Å². The summed E-state index contributed by atoms with van der Waals surface area (Å²) in [5, 5.41) is 37.1. The number of nitrogens with zero attached hydrogens (tertiary/aromatic N) is 3. The van der Waals surface area contributed by atoms with E-state index in [-0.39, 0.29) is 43.5 Å². The second kappa shape index (κ2) is 14.5. The van der Waals surface area contributed by atoms with Crippen molar-refractivity contribution < 1.29 is 53.0 Å². The van der Waals surface area contributed by atoms with Gasteiger partial charge in [-0.1, -0.05) is 6.07 Å². The number of aryl methyl sites for hydroxylation is 1. The maximum atomic E-state index is 15.1. The van der Waals surface area contributed by atoms with Gasteiger partial charge in [-0.25, -0.2) is 4.79 Å². The third-order valence-corrected chi connectivity index (χ3v) is 14.2. The number of esters is 2. The number of nitriles is 1. The van der Waals surface area contributed by atoms with Gasteiger partial charge in [0.05, 0.1) is 43.3 Å². The number of carboxylic acid groups (broad SMARTS) is 1. The van der Waals surface area contributed by atoms with Crippen LogP contribution in [0.4, 0.5) is 0 Å². The van der Waals surface area contributed by atoms with Crippen LogP contribution in [0.1, 0.15) is 68.9 Å². The van der Waals surface area contributed by atoms with Gasteiger partial charge in [-0.05, 0) is 62.8 Å². The fraction of sp³-hybridized carbons (Fsp3) is 0.442. The molecule has 17 heteroatoms. The molecule has 3 aromatic carbocycles. The zero-order chi connectivity index (χ0) is 42.5. The number of nitrogens with one attached hydrogen (secondary N) is 2. The van der Waals surface area contributed by atoms with Crippen LogP contribution in [0.5, 0.6) is 34.5 Å². The van der Waals surface area contributed by atoms with Crippen LogP contribution in [0.15, 0.2) is 24.3 Å². The van der Waals surface area contributed by atoms with E-state index in [1.165, 1.54) is 25.8 Å². The molecule has 2 bridgehead atoms. The smallest absolute Gasteiger partial charge is 0.333 e. The number of rotatable bonds is 5. The van der Waals surface area contributed by atoms with E-state index in [1.54, 1.807) is 20.1 Å². The number of carbonyl (C=O) groups excluding carboxylic acids is 2. The monoisotopic (exact) mass is 839 g/mol. The average Bonchev–Trinajstić information content (AvgIpc) is 3.82. The number of fused-ring (bicyclic) bond motifs is 8. The molecule has 1 fully saturated rings. The normalized spacial score (nSPS) is 26.6. The Morgan fingerprint density at radius 3 is 2.50 bits per heavy atom. The van der Waals surface area contributed by atoms with E-state index in [9.17, 15) is 25.1 Å². The number of aromatic nitrogens is 1. The Bertz CT molecular complexity index is 2550. The first-order valence-electron chi connectivity index (χ1n) is 19.6. The second-order valence-electron chi connectivity index (χ2n) is 16.2. The predicted octanol–water partition coefficient (Wildman–Crippen LogP) is 4.46. The molecule has 0 amide bonds. The van der Waals surface area contributed by atoms with Crippen molar-refractivity contribution >= 4 is 40.6 Å². The minimum Gasteiger partial charge on any atom is -0.504 e. The van der Waals surface area contributed by atoms with E-state index in [0.29, 0.717) is 67.6 Å². The second-order valence-corrected chi connectivity index (χ2v) is 17.3. The van der Waals surface area contributed by atoms with Gasteiger partial charge in [0, 0.05) is 64.7 Å². The van der Waals surface area contributed by atoms with Gasteiger partial charge in [0.15, 0.2) is 28.5 Å². The lowest BCUT2D eigenvalue weighted by Crippen LogP contribution is -2.63. The number of methoxy groups -OCH3 is 2. The number of carboxylic acids is 1. The van der Waals surface area contributed by atoms with Gasteiger partial charge in [0.2, 0.25) is 6.79 Å². The molecule has 0 saturated carbocycles. The largest absolute Gasteiger partial charge is 0.504 e. The van der Waals surface area contributed by atoms with Crippen LogP contribution in [-0.4, -0.2) is 108 Å². The fourth-order valence-corrected chi connectivity index (χ4v) is 12.0. The minimum atomic E-state index is -1.73. The first-order valence-corrected chi connectivity index (χ1v) is 20.6. The Kier molecular flexibility index (Phi) is 9.62. The van der Waals surface area contributed by atoms with Gasteiger partial charge in [-0.2, -0.15) is 5.26 Å². The van der Waals surface area contributed by atoms with Crippen molar-refractivity contribution in [2.45, 2.75) is 74.6 Å². The highest BCUT2D eigenvalue weighted by Gasteiger charge is 2.59. The number of hydrogen-bond acceptors (Lipinski definition) is 15. The van der Waals surface area contributed by atoms with Crippen LogP contribution in [0, 0.1) is 25.2 Å². The maximum absolute atomic E-state index is 15.1. The van der Waals surface area contributed by atoms with Crippen molar-refractivity contribution in [1.82, 2.24) is 20.1 Å². The molecule has 7 heterocycles. The van der Waals surface area contributed by atoms with E-state index >= 15 is 4.79 Å². The van der Waals surface area contributed by atoms with Gasteiger partial charge in [0.1, 0.15) is 30.2 Å². The lowest BCUT2D eigenvalue weighted by molar-refractivity contribution is -0.156. The van der Waals surface area contributed by atoms with Crippen molar-refractivity contribution in [1.29, 1.82) is 5.26 Å². The Labute approximate surface area is 349 Å². The number of hydrogen-bond donors (Lipinski definition) is 4. The van der Waals surface area contributed by atoms with Crippen molar-refractivity contribution in [3.8, 4) is 40.6 Å². The third-order valence-electron chi connectivity index (χ3n) is 12.7. The number of thioether (sulfide) groups is 1. The van der Waals surface area contributed by atoms with Crippen LogP contribution in [0.2, 0.25) is 0 Å². The minimum absolute atomic E-state index is 0.0516. The third kappa shape index (κ3) is 5.71. The highest BCUT2D eigenvalue weighted by atomic mass is 32.2. The molecule has 0 radical (unpaired) electrons. The predicted molar refractivity (Wildman–Crippen MR) is 217 cm³/mol. The zero-order valence-electron chi connectivity index (χ0n) is 34.1. The molecule has 16 nitrogen and oxygen atoms in total. The summed E-state index contributed by atoms with van der Waals surface area (Å²) in [4.78, 5) is 48.6. The average molecular weight is 840 g/mol. The van der Waals surface area contributed by atoms with Crippen LogP contribution >= 0.6 is 11.8 Å². The lowest BCUT2D eigenvalue weighted by atomic mass is 9.80. The van der Waals surface area contributed by atoms with Crippen LogP contribution in [0.25, 0.3) is 10.9 Å². The molecule has 2 unspecified atom stereocenters. The molecule has 7 atom stereocenters. The first-order chi connectivity index (χ1) is 28.7. The summed E-state index contributed by atoms with van der Waals surface area (Å²) < 4.78 is 36.2. The number of carbonyl (C=O) groups is 3. The number of phenols is 1. The molecule has 6 aliphatic rings. The fourth-order valence-electron chi connectivity index (χ4n) is 10.3. The van der Waals surface area contributed by atoms with E-state index in [1.807, 2.05) is 44.1 Å². The number of phenolic OH excluding ortho intramolecular Hbond substituents is 1. The van der Waals surface area contributed by atoms with Crippen LogP contribution in [0.3, 0.4) is 0 Å². The van der Waals surface area contributed by atoms with Crippen molar-refractivity contribution in [2.75, 3.05) is 47.5 Å². The molecule has 1 spiro atoms. The van der Waals surface area contributed by atoms with E-state index < -0.39 is 58.9 Å². The van der Waals surface area contributed by atoms with E-state index in [2.05, 4.69) is 21.3 Å². The summed E-state index contributed by atoms with van der Waals surface area (Å²) in [5.41, 5.74) is 3.77. The topological polar surface area (TPSA) is 205 Å². The zero-order valence-corrected chi connectivity index (χ0v) is 34.9. The number of aromatic amines is 1. The Morgan fingerprint density at radius 2 is 1.82 bits per heavy atom. The number of aromatic hydroxyl groups is 1. The Hall–Kier alpha value is -5.67.